The van der Waals surface area contributed by atoms with Crippen molar-refractivity contribution < 1.29 is 22.7 Å². The van der Waals surface area contributed by atoms with Crippen molar-refractivity contribution in [3.8, 4) is 5.75 Å². The maximum Gasteiger partial charge on any atom is 0.444 e. The molecule has 1 rings (SSSR count). The summed E-state index contributed by atoms with van der Waals surface area (Å²) in [6.45, 7) is 0. The van der Waals surface area contributed by atoms with Crippen LogP contribution in [0.25, 0.3) is 6.08 Å². The quantitative estimate of drug-likeness (QED) is 0.665. The van der Waals surface area contributed by atoms with Gasteiger partial charge in [0.15, 0.2) is 0 Å². The topological polar surface area (TPSA) is 52.3 Å². The molecule has 0 spiro atoms. The van der Waals surface area contributed by atoms with Gasteiger partial charge in [-0.25, -0.2) is 4.39 Å². The molecule has 0 aliphatic carbocycles. The number of benzene rings is 1. The average molecular weight is 280 g/mol. The van der Waals surface area contributed by atoms with E-state index in [-0.39, 0.29) is 5.75 Å². The van der Waals surface area contributed by atoms with E-state index in [1.807, 2.05) is 0 Å². The first-order valence-corrected chi connectivity index (χ1v) is 5.17. The lowest BCUT2D eigenvalue weighted by Crippen LogP contribution is -2.32. The van der Waals surface area contributed by atoms with E-state index in [1.165, 1.54) is 30.3 Å². The Morgan fingerprint density at radius 1 is 1.50 bits per heavy atom. The third-order valence-electron chi connectivity index (χ3n) is 1.81. The van der Waals surface area contributed by atoms with Crippen LogP contribution in [0.4, 0.5) is 13.2 Å². The summed E-state index contributed by atoms with van der Waals surface area (Å²) in [4.78, 5) is 10.5. The van der Waals surface area contributed by atoms with E-state index in [2.05, 4.69) is 16.3 Å². The predicted molar refractivity (Wildman–Crippen MR) is 61.0 cm³/mol. The maximum atomic E-state index is 12.9. The third-order valence-corrected chi connectivity index (χ3v) is 2.06. The zero-order chi connectivity index (χ0) is 13.8. The van der Waals surface area contributed by atoms with E-state index in [1.54, 1.807) is 0 Å². The van der Waals surface area contributed by atoms with E-state index < -0.39 is 17.6 Å². The molecule has 0 aliphatic rings. The monoisotopic (exact) mass is 279 g/mol. The molecule has 1 atom stereocenters. The van der Waals surface area contributed by atoms with Crippen LogP contribution in [0.5, 0.6) is 5.75 Å². The second-order valence-corrected chi connectivity index (χ2v) is 3.66. The van der Waals surface area contributed by atoms with E-state index in [4.69, 9.17) is 5.73 Å². The van der Waals surface area contributed by atoms with Gasteiger partial charge in [-0.15, -0.1) is 0 Å². The molecule has 1 aromatic carbocycles. The van der Waals surface area contributed by atoms with Crippen molar-refractivity contribution in [2.45, 2.75) is 11.7 Å². The number of halogens is 4. The molecule has 1 aromatic rings. The molecule has 0 fully saturated rings. The molecule has 2 N–H and O–H groups in total. The summed E-state index contributed by atoms with van der Waals surface area (Å²) in [5.41, 5.74) is 2.32. The van der Waals surface area contributed by atoms with Gasteiger partial charge in [-0.2, -0.15) is 8.78 Å². The minimum atomic E-state index is -4.13. The SMILES string of the molecule is NC(=O)/C=C\c1cccc(OC(F)(F)C(F)Cl)c1. The lowest BCUT2D eigenvalue weighted by molar-refractivity contribution is -0.199. The normalized spacial score (nSPS) is 13.6. The van der Waals surface area contributed by atoms with Gasteiger partial charge in [0, 0.05) is 6.08 Å². The fourth-order valence-electron chi connectivity index (χ4n) is 1.06. The van der Waals surface area contributed by atoms with Crippen LogP contribution in [0.1, 0.15) is 5.56 Å². The number of primary amides is 1. The van der Waals surface area contributed by atoms with E-state index in [9.17, 15) is 18.0 Å². The zero-order valence-electron chi connectivity index (χ0n) is 8.95. The molecule has 3 nitrogen and oxygen atoms in total. The molecule has 0 aromatic heterocycles. The Balaban J connectivity index is 2.86. The largest absolute Gasteiger partial charge is 0.444 e. The molecule has 98 valence electrons. The summed E-state index contributed by atoms with van der Waals surface area (Å²) in [6, 6.07) is 5.31. The van der Waals surface area contributed by atoms with Gasteiger partial charge in [-0.1, -0.05) is 23.7 Å². The van der Waals surface area contributed by atoms with Crippen LogP contribution in [0.3, 0.4) is 0 Å². The highest BCUT2D eigenvalue weighted by atomic mass is 35.5. The first-order valence-electron chi connectivity index (χ1n) is 4.74. The molecule has 0 radical (unpaired) electrons. The smallest absolute Gasteiger partial charge is 0.429 e. The Morgan fingerprint density at radius 3 is 2.72 bits per heavy atom. The minimum absolute atomic E-state index is 0.282. The Morgan fingerprint density at radius 2 is 2.17 bits per heavy atom. The number of carbonyl (C=O) groups excluding carboxylic acids is 1. The van der Waals surface area contributed by atoms with Gasteiger partial charge >= 0.3 is 6.11 Å². The molecule has 0 bridgehead atoms. The highest BCUT2D eigenvalue weighted by Crippen LogP contribution is 2.29. The van der Waals surface area contributed by atoms with Gasteiger partial charge in [0.25, 0.3) is 5.63 Å². The Labute approximate surface area is 106 Å². The Bertz CT molecular complexity index is 463. The maximum absolute atomic E-state index is 12.9. The number of hydrogen-bond acceptors (Lipinski definition) is 2. The first-order chi connectivity index (χ1) is 8.31. The predicted octanol–water partition coefficient (Wildman–Crippen LogP) is 2.69. The fraction of sp³-hybridized carbons (Fsp3) is 0.182. The van der Waals surface area contributed by atoms with E-state index in [0.717, 1.165) is 6.08 Å². The second kappa shape index (κ2) is 5.77. The molecule has 1 amide bonds. The molecule has 0 aliphatic heterocycles. The highest BCUT2D eigenvalue weighted by Gasteiger charge is 2.42. The van der Waals surface area contributed by atoms with Crippen LogP contribution in [-0.4, -0.2) is 17.6 Å². The first kappa shape index (κ1) is 14.4. The van der Waals surface area contributed by atoms with Crippen molar-refractivity contribution in [3.63, 3.8) is 0 Å². The van der Waals surface area contributed by atoms with Crippen molar-refractivity contribution >= 4 is 23.6 Å². The van der Waals surface area contributed by atoms with Crippen LogP contribution in [0, 0.1) is 0 Å². The Kier molecular flexibility index (Phi) is 4.61. The molecule has 0 saturated heterocycles. The van der Waals surface area contributed by atoms with Crippen molar-refractivity contribution in [3.05, 3.63) is 35.9 Å². The van der Waals surface area contributed by atoms with Gasteiger partial charge in [0.1, 0.15) is 5.75 Å². The van der Waals surface area contributed by atoms with Crippen LogP contribution in [0.15, 0.2) is 30.3 Å². The lowest BCUT2D eigenvalue weighted by Gasteiger charge is -2.17. The Hall–Kier alpha value is -1.69. The minimum Gasteiger partial charge on any atom is -0.429 e. The number of amides is 1. The number of alkyl halides is 4. The number of ether oxygens (including phenoxy) is 1. The van der Waals surface area contributed by atoms with Crippen molar-refractivity contribution in [2.24, 2.45) is 5.73 Å². The van der Waals surface area contributed by atoms with Crippen molar-refractivity contribution in [2.75, 3.05) is 0 Å². The van der Waals surface area contributed by atoms with Crippen molar-refractivity contribution in [1.82, 2.24) is 0 Å². The summed E-state index contributed by atoms with van der Waals surface area (Å²) in [7, 11) is 0. The fourth-order valence-corrected chi connectivity index (χ4v) is 1.11. The standard InChI is InChI=1S/C11H9ClF3NO2/c12-10(13)11(14,15)18-8-3-1-2-7(6-8)4-5-9(16)17/h1-6,10H,(H2,16,17)/b5-4-. The molecule has 7 heteroatoms. The second-order valence-electron chi connectivity index (χ2n) is 3.27. The molecule has 0 heterocycles. The number of nitrogens with two attached hydrogens (primary N) is 1. The molecular weight excluding hydrogens is 271 g/mol. The number of carbonyl (C=O) groups is 1. The van der Waals surface area contributed by atoms with Crippen LogP contribution in [-0.2, 0) is 4.79 Å². The van der Waals surface area contributed by atoms with Gasteiger partial charge in [-0.05, 0) is 23.8 Å². The van der Waals surface area contributed by atoms with Crippen LogP contribution >= 0.6 is 11.6 Å². The number of rotatable bonds is 5. The number of hydrogen-bond donors (Lipinski definition) is 1. The highest BCUT2D eigenvalue weighted by molar-refractivity contribution is 6.20. The summed E-state index contributed by atoms with van der Waals surface area (Å²) >= 11 is 4.64. The third kappa shape index (κ3) is 4.29. The van der Waals surface area contributed by atoms with Crippen molar-refractivity contribution in [1.29, 1.82) is 0 Å². The van der Waals surface area contributed by atoms with E-state index in [0.29, 0.717) is 5.56 Å². The summed E-state index contributed by atoms with van der Waals surface area (Å²) in [5, 5.41) is 0. The zero-order valence-corrected chi connectivity index (χ0v) is 9.70. The van der Waals surface area contributed by atoms with Gasteiger partial charge in [0.2, 0.25) is 5.91 Å². The molecule has 0 saturated carbocycles. The molecular formula is C11H9ClF3NO2. The van der Waals surface area contributed by atoms with Gasteiger partial charge in [0.05, 0.1) is 0 Å². The average Bonchev–Trinajstić information content (AvgIpc) is 2.26. The van der Waals surface area contributed by atoms with Crippen LogP contribution < -0.4 is 10.5 Å². The molecule has 18 heavy (non-hydrogen) atoms. The summed E-state index contributed by atoms with van der Waals surface area (Å²) in [5.74, 6) is -0.967. The lowest BCUT2D eigenvalue weighted by atomic mass is 10.2. The van der Waals surface area contributed by atoms with E-state index >= 15 is 0 Å². The van der Waals surface area contributed by atoms with Crippen LogP contribution in [0.2, 0.25) is 0 Å². The van der Waals surface area contributed by atoms with Gasteiger partial charge in [-0.3, -0.25) is 4.79 Å². The summed E-state index contributed by atoms with van der Waals surface area (Å²) in [6.07, 6.45) is -1.77. The molecule has 1 unspecified atom stereocenters. The summed E-state index contributed by atoms with van der Waals surface area (Å²) < 4.78 is 42.2. The van der Waals surface area contributed by atoms with Gasteiger partial charge < -0.3 is 10.5 Å².